The molecule has 26 heavy (non-hydrogen) atoms. The number of benzene rings is 1. The van der Waals surface area contributed by atoms with Gasteiger partial charge in [-0.15, -0.1) is 0 Å². The highest BCUT2D eigenvalue weighted by molar-refractivity contribution is 7.89. The molecule has 5 heteroatoms. The van der Waals surface area contributed by atoms with E-state index < -0.39 is 10.0 Å². The average molecular weight is 382 g/mol. The summed E-state index contributed by atoms with van der Waals surface area (Å²) in [6, 6.07) is 5.36. The van der Waals surface area contributed by atoms with Gasteiger partial charge in [-0.05, 0) is 48.3 Å². The normalized spacial score (nSPS) is 22.4. The first-order valence-corrected chi connectivity index (χ1v) is 11.3. The fourth-order valence-electron chi connectivity index (χ4n) is 3.66. The molecule has 0 unspecified atom stereocenters. The van der Waals surface area contributed by atoms with Crippen LogP contribution in [0.2, 0.25) is 0 Å². The molecule has 0 radical (unpaired) electrons. The van der Waals surface area contributed by atoms with Crippen molar-refractivity contribution in [3.8, 4) is 5.75 Å². The lowest BCUT2D eigenvalue weighted by molar-refractivity contribution is 0.222. The highest BCUT2D eigenvalue weighted by atomic mass is 32.2. The molecule has 0 aliphatic carbocycles. The van der Waals surface area contributed by atoms with Crippen molar-refractivity contribution >= 4 is 10.0 Å². The highest BCUT2D eigenvalue weighted by Crippen LogP contribution is 2.35. The van der Waals surface area contributed by atoms with Crippen LogP contribution in [-0.4, -0.2) is 32.4 Å². The Balaban J connectivity index is 2.36. The van der Waals surface area contributed by atoms with E-state index in [9.17, 15) is 8.42 Å². The topological polar surface area (TPSA) is 46.6 Å². The third-order valence-corrected chi connectivity index (χ3v) is 6.82. The second-order valence-electron chi connectivity index (χ2n) is 8.88. The van der Waals surface area contributed by atoms with Gasteiger partial charge in [0.1, 0.15) is 5.75 Å². The van der Waals surface area contributed by atoms with Gasteiger partial charge < -0.3 is 4.74 Å². The molecular formula is C21H35NO3S. The summed E-state index contributed by atoms with van der Waals surface area (Å²) in [7, 11) is -3.47. The van der Waals surface area contributed by atoms with Crippen LogP contribution in [0.1, 0.15) is 66.4 Å². The molecule has 0 amide bonds. The van der Waals surface area contributed by atoms with E-state index in [0.29, 0.717) is 36.4 Å². The molecule has 0 saturated carbocycles. The molecule has 4 nitrogen and oxygen atoms in total. The maximum Gasteiger partial charge on any atom is 0.243 e. The second kappa shape index (κ2) is 8.30. The molecule has 148 valence electrons. The van der Waals surface area contributed by atoms with Crippen LogP contribution in [0.4, 0.5) is 0 Å². The molecule has 0 aromatic heterocycles. The van der Waals surface area contributed by atoms with Crippen molar-refractivity contribution in [1.29, 1.82) is 0 Å². The van der Waals surface area contributed by atoms with Gasteiger partial charge in [0.2, 0.25) is 10.0 Å². The molecule has 1 saturated heterocycles. The Bertz CT molecular complexity index is 696. The van der Waals surface area contributed by atoms with Gasteiger partial charge in [-0.25, -0.2) is 8.42 Å². The summed E-state index contributed by atoms with van der Waals surface area (Å²) in [5.41, 5.74) is 0.767. The van der Waals surface area contributed by atoms with Gasteiger partial charge in [0.15, 0.2) is 0 Å². The first-order chi connectivity index (χ1) is 12.1. The molecule has 1 aromatic rings. The predicted octanol–water partition coefficient (Wildman–Crippen LogP) is 4.83. The van der Waals surface area contributed by atoms with E-state index in [1.54, 1.807) is 10.4 Å². The van der Waals surface area contributed by atoms with Crippen LogP contribution in [0.15, 0.2) is 23.1 Å². The van der Waals surface area contributed by atoms with Crippen LogP contribution < -0.4 is 4.74 Å². The van der Waals surface area contributed by atoms with Crippen LogP contribution in [0.25, 0.3) is 0 Å². The number of rotatable bonds is 6. The van der Waals surface area contributed by atoms with Crippen molar-refractivity contribution in [3.05, 3.63) is 23.8 Å². The summed E-state index contributed by atoms with van der Waals surface area (Å²) in [5, 5.41) is 0. The zero-order valence-corrected chi connectivity index (χ0v) is 18.0. The minimum absolute atomic E-state index is 0.185. The number of ether oxygens (including phenoxy) is 1. The summed E-state index contributed by atoms with van der Waals surface area (Å²) in [4.78, 5) is 0.381. The smallest absolute Gasteiger partial charge is 0.243 e. The maximum atomic E-state index is 13.2. The number of piperidine rings is 1. The molecule has 2 atom stereocenters. The molecule has 1 fully saturated rings. The van der Waals surface area contributed by atoms with Gasteiger partial charge in [0.25, 0.3) is 0 Å². The molecule has 1 aliphatic heterocycles. The zero-order valence-electron chi connectivity index (χ0n) is 17.2. The fourth-order valence-corrected chi connectivity index (χ4v) is 5.37. The number of unbranched alkanes of at least 4 members (excludes halogenated alkanes) is 1. The molecule has 2 rings (SSSR count). The Morgan fingerprint density at radius 1 is 1.15 bits per heavy atom. The van der Waals surface area contributed by atoms with Crippen LogP contribution in [0.5, 0.6) is 5.75 Å². The monoisotopic (exact) mass is 381 g/mol. The van der Waals surface area contributed by atoms with Crippen LogP contribution in [0.3, 0.4) is 0 Å². The SMILES string of the molecule is CCCCOc1ccc(S(=O)(=O)N2C[C@@H](C)C[C@H](C)C2)cc1C(C)(C)C. The average Bonchev–Trinajstić information content (AvgIpc) is 2.53. The molecule has 1 aliphatic rings. The lowest BCUT2D eigenvalue weighted by atomic mass is 9.86. The molecular weight excluding hydrogens is 346 g/mol. The van der Waals surface area contributed by atoms with Crippen molar-refractivity contribution < 1.29 is 13.2 Å². The summed E-state index contributed by atoms with van der Waals surface area (Å²) < 4.78 is 34.0. The van der Waals surface area contributed by atoms with Gasteiger partial charge in [-0.3, -0.25) is 0 Å². The number of nitrogens with zero attached hydrogens (tertiary/aromatic N) is 1. The second-order valence-corrected chi connectivity index (χ2v) is 10.8. The van der Waals surface area contributed by atoms with Gasteiger partial charge in [-0.1, -0.05) is 48.0 Å². The molecule has 0 N–H and O–H groups in total. The van der Waals surface area contributed by atoms with E-state index in [4.69, 9.17) is 4.74 Å². The quantitative estimate of drug-likeness (QED) is 0.663. The molecule has 1 aromatic carbocycles. The predicted molar refractivity (Wildman–Crippen MR) is 107 cm³/mol. The van der Waals surface area contributed by atoms with Crippen LogP contribution in [0, 0.1) is 11.8 Å². The summed E-state index contributed by atoms with van der Waals surface area (Å²) in [6.07, 6.45) is 3.15. The van der Waals surface area contributed by atoms with E-state index in [1.807, 2.05) is 12.1 Å². The highest BCUT2D eigenvalue weighted by Gasteiger charge is 2.33. The first-order valence-electron chi connectivity index (χ1n) is 9.83. The van der Waals surface area contributed by atoms with E-state index in [1.165, 1.54) is 0 Å². The first kappa shape index (κ1) is 21.2. The minimum Gasteiger partial charge on any atom is -0.493 e. The van der Waals surface area contributed by atoms with Crippen molar-refractivity contribution in [3.63, 3.8) is 0 Å². The Kier molecular flexibility index (Phi) is 6.78. The van der Waals surface area contributed by atoms with Crippen LogP contribution in [-0.2, 0) is 15.4 Å². The van der Waals surface area contributed by atoms with Crippen LogP contribution >= 0.6 is 0 Å². The van der Waals surface area contributed by atoms with Gasteiger partial charge in [0, 0.05) is 18.7 Å². The van der Waals surface area contributed by atoms with E-state index in [2.05, 4.69) is 41.5 Å². The Morgan fingerprint density at radius 3 is 2.31 bits per heavy atom. The minimum atomic E-state index is -3.47. The third-order valence-electron chi connectivity index (χ3n) is 4.99. The Morgan fingerprint density at radius 2 is 1.77 bits per heavy atom. The standard InChI is InChI=1S/C21H35NO3S/c1-7-8-11-25-20-10-9-18(13-19(20)21(4,5)6)26(23,24)22-14-16(2)12-17(3)15-22/h9-10,13,16-17H,7-8,11-12,14-15H2,1-6H3/t16-,17-/m0/s1. The molecule has 0 bridgehead atoms. The van der Waals surface area contributed by atoms with E-state index in [-0.39, 0.29) is 5.41 Å². The lowest BCUT2D eigenvalue weighted by Crippen LogP contribution is -2.42. The van der Waals surface area contributed by atoms with Gasteiger partial charge >= 0.3 is 0 Å². The van der Waals surface area contributed by atoms with Crippen molar-refractivity contribution in [1.82, 2.24) is 4.31 Å². The van der Waals surface area contributed by atoms with Gasteiger partial charge in [0.05, 0.1) is 11.5 Å². The van der Waals surface area contributed by atoms with Crippen molar-refractivity contribution in [2.75, 3.05) is 19.7 Å². The number of hydrogen-bond acceptors (Lipinski definition) is 3. The van der Waals surface area contributed by atoms with Gasteiger partial charge in [-0.2, -0.15) is 4.31 Å². The third kappa shape index (κ3) is 5.01. The lowest BCUT2D eigenvalue weighted by Gasteiger charge is -2.34. The molecule has 0 spiro atoms. The Hall–Kier alpha value is -1.07. The zero-order chi connectivity index (χ0) is 19.5. The summed E-state index contributed by atoms with van der Waals surface area (Å²) in [5.74, 6) is 1.59. The largest absolute Gasteiger partial charge is 0.493 e. The summed E-state index contributed by atoms with van der Waals surface area (Å²) >= 11 is 0. The fraction of sp³-hybridized carbons (Fsp3) is 0.714. The number of sulfonamides is 1. The van der Waals surface area contributed by atoms with E-state index >= 15 is 0 Å². The Labute approximate surface area is 160 Å². The van der Waals surface area contributed by atoms with Crippen molar-refractivity contribution in [2.45, 2.75) is 71.1 Å². The van der Waals surface area contributed by atoms with Crippen molar-refractivity contribution in [2.24, 2.45) is 11.8 Å². The summed E-state index contributed by atoms with van der Waals surface area (Å²) in [6.45, 7) is 14.5. The number of hydrogen-bond donors (Lipinski definition) is 0. The molecule has 1 heterocycles. The maximum absolute atomic E-state index is 13.2. The van der Waals surface area contributed by atoms with E-state index in [0.717, 1.165) is 30.6 Å².